The van der Waals surface area contributed by atoms with Crippen molar-refractivity contribution < 1.29 is 0 Å². The van der Waals surface area contributed by atoms with Gasteiger partial charge in [-0.1, -0.05) is 39.5 Å². The van der Waals surface area contributed by atoms with E-state index in [1.54, 1.807) is 0 Å². The molecule has 0 radical (unpaired) electrons. The Morgan fingerprint density at radius 1 is 1.27 bits per heavy atom. The highest BCUT2D eigenvalue weighted by Gasteiger charge is 2.34. The monoisotopic (exact) mass is 207 g/mol. The molecule has 86 valence electrons. The van der Waals surface area contributed by atoms with E-state index in [0.717, 1.165) is 5.92 Å². The van der Waals surface area contributed by atoms with E-state index in [4.69, 9.17) is 6.42 Å². The van der Waals surface area contributed by atoms with Gasteiger partial charge in [0.2, 0.25) is 0 Å². The van der Waals surface area contributed by atoms with Gasteiger partial charge in [0.15, 0.2) is 0 Å². The van der Waals surface area contributed by atoms with E-state index < -0.39 is 0 Å². The van der Waals surface area contributed by atoms with Gasteiger partial charge in [0.25, 0.3) is 0 Å². The summed E-state index contributed by atoms with van der Waals surface area (Å²) in [7, 11) is 0. The van der Waals surface area contributed by atoms with Gasteiger partial charge in [0.1, 0.15) is 0 Å². The zero-order chi connectivity index (χ0) is 11.5. The summed E-state index contributed by atoms with van der Waals surface area (Å²) in [5.41, 5.74) is 0.395. The van der Waals surface area contributed by atoms with Crippen LogP contribution in [0.3, 0.4) is 0 Å². The minimum absolute atomic E-state index is 0.206. The Bertz CT molecular complexity index is 231. The third kappa shape index (κ3) is 3.54. The Morgan fingerprint density at radius 3 is 2.40 bits per heavy atom. The molecule has 0 aliphatic heterocycles. The van der Waals surface area contributed by atoms with Crippen LogP contribution in [-0.2, 0) is 0 Å². The van der Waals surface area contributed by atoms with Crippen LogP contribution in [0.25, 0.3) is 0 Å². The Balaban J connectivity index is 2.63. The Morgan fingerprint density at radius 2 is 1.87 bits per heavy atom. The van der Waals surface area contributed by atoms with E-state index in [1.807, 2.05) is 0 Å². The molecule has 0 heterocycles. The first-order valence-electron chi connectivity index (χ1n) is 6.17. The largest absolute Gasteiger partial charge is 0.301 e. The summed E-state index contributed by atoms with van der Waals surface area (Å²) in [6.45, 7) is 9.11. The zero-order valence-electron chi connectivity index (χ0n) is 10.6. The van der Waals surface area contributed by atoms with Crippen molar-refractivity contribution in [3.63, 3.8) is 0 Å². The van der Waals surface area contributed by atoms with Crippen LogP contribution in [0, 0.1) is 23.7 Å². The smallest absolute Gasteiger partial charge is 0.0660 e. The van der Waals surface area contributed by atoms with Gasteiger partial charge in [0.05, 0.1) is 6.04 Å². The van der Waals surface area contributed by atoms with Gasteiger partial charge in [-0.15, -0.1) is 6.42 Å². The summed E-state index contributed by atoms with van der Waals surface area (Å²) in [5, 5.41) is 3.59. The van der Waals surface area contributed by atoms with Crippen molar-refractivity contribution in [2.45, 2.75) is 65.5 Å². The molecule has 0 aromatic carbocycles. The maximum Gasteiger partial charge on any atom is 0.0660 e. The maximum atomic E-state index is 5.43. The molecule has 1 N–H and O–H groups in total. The van der Waals surface area contributed by atoms with Crippen LogP contribution in [0.5, 0.6) is 0 Å². The zero-order valence-corrected chi connectivity index (χ0v) is 10.6. The summed E-state index contributed by atoms with van der Waals surface area (Å²) >= 11 is 0. The van der Waals surface area contributed by atoms with E-state index >= 15 is 0 Å². The molecule has 0 aromatic rings. The first kappa shape index (κ1) is 12.6. The Kier molecular flexibility index (Phi) is 4.22. The molecule has 0 aromatic heterocycles. The van der Waals surface area contributed by atoms with E-state index in [0.29, 0.717) is 11.5 Å². The van der Waals surface area contributed by atoms with Gasteiger partial charge in [-0.05, 0) is 31.1 Å². The average Bonchev–Trinajstić information content (AvgIpc) is 2.17. The second-order valence-electron chi connectivity index (χ2n) is 5.92. The summed E-state index contributed by atoms with van der Waals surface area (Å²) in [6, 6.07) is 0.822. The van der Waals surface area contributed by atoms with Gasteiger partial charge >= 0.3 is 0 Å². The first-order chi connectivity index (χ1) is 6.95. The number of terminal acetylenes is 1. The fraction of sp³-hybridized carbons (Fsp3) is 0.857. The number of hydrogen-bond donors (Lipinski definition) is 1. The van der Waals surface area contributed by atoms with Gasteiger partial charge in [-0.25, -0.2) is 0 Å². The molecule has 3 atom stereocenters. The molecule has 1 fully saturated rings. The molecule has 0 saturated heterocycles. The van der Waals surface area contributed by atoms with E-state index in [-0.39, 0.29) is 6.04 Å². The van der Waals surface area contributed by atoms with Crippen molar-refractivity contribution >= 4 is 0 Å². The topological polar surface area (TPSA) is 12.0 Å². The Hall–Kier alpha value is -0.480. The van der Waals surface area contributed by atoms with Gasteiger partial charge in [-0.2, -0.15) is 0 Å². The summed E-state index contributed by atoms with van der Waals surface area (Å²) in [6.07, 6.45) is 10.8. The summed E-state index contributed by atoms with van der Waals surface area (Å²) in [5.74, 6) is 3.54. The van der Waals surface area contributed by atoms with Crippen LogP contribution >= 0.6 is 0 Å². The molecule has 1 saturated carbocycles. The predicted molar refractivity (Wildman–Crippen MR) is 66.6 cm³/mol. The highest BCUT2D eigenvalue weighted by atomic mass is 15.0. The van der Waals surface area contributed by atoms with Crippen molar-refractivity contribution in [3.8, 4) is 12.3 Å². The fourth-order valence-corrected chi connectivity index (χ4v) is 2.74. The molecule has 1 aliphatic rings. The molecule has 1 aliphatic carbocycles. The van der Waals surface area contributed by atoms with Crippen LogP contribution in [0.4, 0.5) is 0 Å². The van der Waals surface area contributed by atoms with Crippen LogP contribution < -0.4 is 5.32 Å². The molecular formula is C14H25N. The van der Waals surface area contributed by atoms with Crippen molar-refractivity contribution in [2.24, 2.45) is 11.3 Å². The lowest BCUT2D eigenvalue weighted by molar-refractivity contribution is 0.128. The van der Waals surface area contributed by atoms with Crippen molar-refractivity contribution in [1.82, 2.24) is 5.32 Å². The minimum atomic E-state index is 0.206. The summed E-state index contributed by atoms with van der Waals surface area (Å²) in [4.78, 5) is 0. The van der Waals surface area contributed by atoms with Crippen LogP contribution in [0.1, 0.15) is 53.4 Å². The van der Waals surface area contributed by atoms with Gasteiger partial charge < -0.3 is 5.32 Å². The predicted octanol–water partition coefficient (Wildman–Crippen LogP) is 3.20. The van der Waals surface area contributed by atoms with E-state index in [2.05, 4.69) is 38.9 Å². The molecule has 1 nitrogen and oxygen atoms in total. The highest BCUT2D eigenvalue weighted by Crippen LogP contribution is 2.38. The van der Waals surface area contributed by atoms with Crippen LogP contribution in [0.15, 0.2) is 0 Å². The highest BCUT2D eigenvalue weighted by molar-refractivity contribution is 4.99. The molecular weight excluding hydrogens is 182 g/mol. The average molecular weight is 207 g/mol. The van der Waals surface area contributed by atoms with Crippen molar-refractivity contribution in [1.29, 1.82) is 0 Å². The first-order valence-corrected chi connectivity index (χ1v) is 6.17. The van der Waals surface area contributed by atoms with Crippen molar-refractivity contribution in [3.05, 3.63) is 0 Å². The molecule has 15 heavy (non-hydrogen) atoms. The number of hydrogen-bond acceptors (Lipinski definition) is 1. The van der Waals surface area contributed by atoms with Crippen LogP contribution in [0.2, 0.25) is 0 Å². The van der Waals surface area contributed by atoms with E-state index in [9.17, 15) is 0 Å². The lowest BCUT2D eigenvalue weighted by Gasteiger charge is -2.41. The lowest BCUT2D eigenvalue weighted by Crippen LogP contribution is -2.47. The van der Waals surface area contributed by atoms with Gasteiger partial charge in [-0.3, -0.25) is 0 Å². The Labute approximate surface area is 95.0 Å². The molecule has 1 rings (SSSR count). The molecule has 1 heteroatoms. The molecule has 3 unspecified atom stereocenters. The number of nitrogens with one attached hydrogen (secondary N) is 1. The fourth-order valence-electron chi connectivity index (χ4n) is 2.74. The molecule has 0 spiro atoms. The summed E-state index contributed by atoms with van der Waals surface area (Å²) < 4.78 is 0. The normalized spacial score (nSPS) is 29.5. The van der Waals surface area contributed by atoms with Crippen molar-refractivity contribution in [2.75, 3.05) is 0 Å². The SMILES string of the molecule is C#CC(C)NC1CCCCC1C(C)(C)C. The second kappa shape index (κ2) is 5.03. The minimum Gasteiger partial charge on any atom is -0.301 e. The third-order valence-corrected chi connectivity index (χ3v) is 3.59. The second-order valence-corrected chi connectivity index (χ2v) is 5.92. The van der Waals surface area contributed by atoms with Crippen LogP contribution in [-0.4, -0.2) is 12.1 Å². The quantitative estimate of drug-likeness (QED) is 0.686. The molecule has 0 amide bonds. The molecule has 0 bridgehead atoms. The standard InChI is InChI=1S/C14H25N/c1-6-11(2)15-13-10-8-7-9-12(13)14(3,4)5/h1,11-13,15H,7-10H2,2-5H3. The number of rotatable bonds is 2. The van der Waals surface area contributed by atoms with E-state index in [1.165, 1.54) is 25.7 Å². The maximum absolute atomic E-state index is 5.43. The third-order valence-electron chi connectivity index (χ3n) is 3.59. The van der Waals surface area contributed by atoms with Gasteiger partial charge in [0, 0.05) is 6.04 Å². The lowest BCUT2D eigenvalue weighted by atomic mass is 9.69.